The number of methoxy groups -OCH3 is 1. The first kappa shape index (κ1) is 20.7. The molecule has 1 aromatic carbocycles. The van der Waals surface area contributed by atoms with Gasteiger partial charge in [-0.2, -0.15) is 0 Å². The van der Waals surface area contributed by atoms with Crippen LogP contribution < -0.4 is 15.4 Å². The van der Waals surface area contributed by atoms with Crippen molar-refractivity contribution in [2.75, 3.05) is 32.1 Å². The van der Waals surface area contributed by atoms with E-state index in [1.165, 1.54) is 0 Å². The van der Waals surface area contributed by atoms with E-state index in [1.54, 1.807) is 36.3 Å². The van der Waals surface area contributed by atoms with Crippen molar-refractivity contribution in [3.8, 4) is 5.75 Å². The van der Waals surface area contributed by atoms with Crippen molar-refractivity contribution < 1.29 is 19.1 Å². The Balaban J connectivity index is 1.79. The molecule has 0 radical (unpaired) electrons. The molecular weight excluding hydrogens is 346 g/mol. The van der Waals surface area contributed by atoms with E-state index in [4.69, 9.17) is 4.74 Å². The summed E-state index contributed by atoms with van der Waals surface area (Å²) >= 11 is 0. The van der Waals surface area contributed by atoms with Crippen LogP contribution in [0.25, 0.3) is 0 Å². The van der Waals surface area contributed by atoms with Gasteiger partial charge in [0.15, 0.2) is 0 Å². The summed E-state index contributed by atoms with van der Waals surface area (Å²) in [4.78, 5) is 38.3. The lowest BCUT2D eigenvalue weighted by molar-refractivity contribution is -0.142. The zero-order valence-corrected chi connectivity index (χ0v) is 16.3. The molecule has 0 spiro atoms. The minimum Gasteiger partial charge on any atom is -0.497 e. The van der Waals surface area contributed by atoms with Crippen LogP contribution >= 0.6 is 0 Å². The van der Waals surface area contributed by atoms with Crippen LogP contribution in [0.15, 0.2) is 24.3 Å². The lowest BCUT2D eigenvalue weighted by atomic mass is 9.84. The van der Waals surface area contributed by atoms with Crippen molar-refractivity contribution in [3.63, 3.8) is 0 Å². The maximum atomic E-state index is 12.5. The van der Waals surface area contributed by atoms with Gasteiger partial charge in [-0.3, -0.25) is 14.4 Å². The van der Waals surface area contributed by atoms with Crippen molar-refractivity contribution in [1.29, 1.82) is 0 Å². The molecule has 7 nitrogen and oxygen atoms in total. The summed E-state index contributed by atoms with van der Waals surface area (Å²) in [5, 5.41) is 5.29. The van der Waals surface area contributed by atoms with E-state index in [0.717, 1.165) is 19.3 Å². The van der Waals surface area contributed by atoms with E-state index < -0.39 is 0 Å². The van der Waals surface area contributed by atoms with Gasteiger partial charge in [0.05, 0.1) is 20.2 Å². The van der Waals surface area contributed by atoms with Crippen LogP contribution in [-0.4, -0.2) is 49.4 Å². The molecule has 0 saturated heterocycles. The summed E-state index contributed by atoms with van der Waals surface area (Å²) in [6, 6.07) is 6.93. The number of anilines is 1. The van der Waals surface area contributed by atoms with Crippen LogP contribution in [0.4, 0.5) is 5.69 Å². The Morgan fingerprint density at radius 3 is 2.33 bits per heavy atom. The number of rotatable bonds is 9. The number of nitrogens with one attached hydrogen (secondary N) is 2. The molecule has 27 heavy (non-hydrogen) atoms. The van der Waals surface area contributed by atoms with Crippen molar-refractivity contribution in [1.82, 2.24) is 10.2 Å². The van der Waals surface area contributed by atoms with Crippen LogP contribution in [0.5, 0.6) is 5.75 Å². The highest BCUT2D eigenvalue weighted by atomic mass is 16.5. The Morgan fingerprint density at radius 1 is 1.15 bits per heavy atom. The van der Waals surface area contributed by atoms with Crippen LogP contribution in [0.1, 0.15) is 33.1 Å². The number of hydrogen-bond acceptors (Lipinski definition) is 4. The van der Waals surface area contributed by atoms with Gasteiger partial charge in [0.1, 0.15) is 5.75 Å². The van der Waals surface area contributed by atoms with Crippen molar-refractivity contribution in [2.24, 2.45) is 11.8 Å². The van der Waals surface area contributed by atoms with Crippen LogP contribution in [0, 0.1) is 11.8 Å². The van der Waals surface area contributed by atoms with Gasteiger partial charge in [-0.1, -0.05) is 20.3 Å². The predicted octanol–water partition coefficient (Wildman–Crippen LogP) is 2.03. The van der Waals surface area contributed by atoms with E-state index >= 15 is 0 Å². The lowest BCUT2D eigenvalue weighted by Crippen LogP contribution is -2.47. The number of nitrogens with zero attached hydrogens (tertiary/aromatic N) is 1. The first-order valence-electron chi connectivity index (χ1n) is 9.38. The average molecular weight is 375 g/mol. The van der Waals surface area contributed by atoms with Gasteiger partial charge < -0.3 is 20.3 Å². The molecule has 0 unspecified atom stereocenters. The van der Waals surface area contributed by atoms with Gasteiger partial charge in [-0.25, -0.2) is 0 Å². The SMILES string of the molecule is COc1ccc(NC(=O)CNC(=O)CN(CC(C)C)C(=O)C2CCC2)cc1. The largest absolute Gasteiger partial charge is 0.497 e. The van der Waals surface area contributed by atoms with Gasteiger partial charge in [0.2, 0.25) is 17.7 Å². The molecule has 1 saturated carbocycles. The number of amides is 3. The molecule has 0 heterocycles. The molecule has 148 valence electrons. The van der Waals surface area contributed by atoms with Gasteiger partial charge in [0.25, 0.3) is 0 Å². The molecule has 2 rings (SSSR count). The summed E-state index contributed by atoms with van der Waals surface area (Å²) in [5.41, 5.74) is 0.622. The van der Waals surface area contributed by atoms with E-state index in [9.17, 15) is 14.4 Å². The van der Waals surface area contributed by atoms with E-state index in [1.807, 2.05) is 13.8 Å². The predicted molar refractivity (Wildman–Crippen MR) is 103 cm³/mol. The molecule has 1 aliphatic rings. The van der Waals surface area contributed by atoms with Gasteiger partial charge in [-0.05, 0) is 43.0 Å². The Bertz CT molecular complexity index is 654. The minimum absolute atomic E-state index is 0.0106. The van der Waals surface area contributed by atoms with Crippen molar-refractivity contribution in [3.05, 3.63) is 24.3 Å². The highest BCUT2D eigenvalue weighted by molar-refractivity contribution is 5.95. The molecule has 7 heteroatoms. The van der Waals surface area contributed by atoms with Crippen molar-refractivity contribution in [2.45, 2.75) is 33.1 Å². The summed E-state index contributed by atoms with van der Waals surface area (Å²) in [5.74, 6) is 0.424. The number of carbonyl (C=O) groups excluding carboxylic acids is 3. The van der Waals surface area contributed by atoms with Gasteiger partial charge in [0, 0.05) is 18.2 Å². The van der Waals surface area contributed by atoms with Crippen LogP contribution in [0.2, 0.25) is 0 Å². The number of ether oxygens (including phenoxy) is 1. The second-order valence-electron chi connectivity index (χ2n) is 7.29. The van der Waals surface area contributed by atoms with E-state index in [-0.39, 0.29) is 42.6 Å². The number of hydrogen-bond donors (Lipinski definition) is 2. The fraction of sp³-hybridized carbons (Fsp3) is 0.550. The topological polar surface area (TPSA) is 87.7 Å². The highest BCUT2D eigenvalue weighted by Gasteiger charge is 2.30. The third kappa shape index (κ3) is 6.58. The Labute approximate surface area is 160 Å². The first-order valence-corrected chi connectivity index (χ1v) is 9.38. The van der Waals surface area contributed by atoms with Crippen LogP contribution in [-0.2, 0) is 14.4 Å². The molecule has 0 bridgehead atoms. The lowest BCUT2D eigenvalue weighted by Gasteiger charge is -2.32. The van der Waals surface area contributed by atoms with Gasteiger partial charge in [-0.15, -0.1) is 0 Å². The van der Waals surface area contributed by atoms with Crippen LogP contribution in [0.3, 0.4) is 0 Å². The Hall–Kier alpha value is -2.57. The summed E-state index contributed by atoms with van der Waals surface area (Å²) in [6.07, 6.45) is 2.88. The minimum atomic E-state index is -0.326. The average Bonchev–Trinajstić information content (AvgIpc) is 2.58. The quantitative estimate of drug-likeness (QED) is 0.691. The third-order valence-corrected chi connectivity index (χ3v) is 4.51. The Morgan fingerprint density at radius 2 is 1.81 bits per heavy atom. The zero-order valence-electron chi connectivity index (χ0n) is 16.3. The molecule has 3 amide bonds. The fourth-order valence-electron chi connectivity index (χ4n) is 2.87. The number of benzene rings is 1. The number of carbonyl (C=O) groups is 3. The molecule has 0 atom stereocenters. The monoisotopic (exact) mass is 375 g/mol. The molecule has 1 aliphatic carbocycles. The molecule has 1 aromatic rings. The van der Waals surface area contributed by atoms with E-state index in [0.29, 0.717) is 18.0 Å². The molecule has 1 fully saturated rings. The first-order chi connectivity index (χ1) is 12.9. The second kappa shape index (κ2) is 9.94. The summed E-state index contributed by atoms with van der Waals surface area (Å²) < 4.78 is 5.06. The summed E-state index contributed by atoms with van der Waals surface area (Å²) in [7, 11) is 1.57. The highest BCUT2D eigenvalue weighted by Crippen LogP contribution is 2.28. The second-order valence-corrected chi connectivity index (χ2v) is 7.29. The maximum Gasteiger partial charge on any atom is 0.243 e. The van der Waals surface area contributed by atoms with E-state index in [2.05, 4.69) is 10.6 Å². The van der Waals surface area contributed by atoms with Crippen molar-refractivity contribution >= 4 is 23.4 Å². The zero-order chi connectivity index (χ0) is 19.8. The molecule has 2 N–H and O–H groups in total. The standard InChI is InChI=1S/C20H29N3O4/c1-14(2)12-23(20(26)15-5-4-6-15)13-19(25)21-11-18(24)22-16-7-9-17(27-3)10-8-16/h7-10,14-15H,4-6,11-13H2,1-3H3,(H,21,25)(H,22,24). The Kier molecular flexibility index (Phi) is 7.64. The normalized spacial score (nSPS) is 13.6. The molecular formula is C20H29N3O4. The summed E-state index contributed by atoms with van der Waals surface area (Å²) in [6.45, 7) is 4.42. The fourth-order valence-corrected chi connectivity index (χ4v) is 2.87. The maximum absolute atomic E-state index is 12.5. The molecule has 0 aromatic heterocycles. The third-order valence-electron chi connectivity index (χ3n) is 4.51. The molecule has 0 aliphatic heterocycles. The smallest absolute Gasteiger partial charge is 0.243 e. The van der Waals surface area contributed by atoms with Gasteiger partial charge >= 0.3 is 0 Å².